The predicted octanol–water partition coefficient (Wildman–Crippen LogP) is 2.35. The lowest BCUT2D eigenvalue weighted by atomic mass is 9.80. The molecule has 1 aliphatic rings. The van der Waals surface area contributed by atoms with Crippen LogP contribution in [0.1, 0.15) is 35.7 Å². The highest BCUT2D eigenvalue weighted by atomic mass is 16.3. The maximum atomic E-state index is 13.0. The van der Waals surface area contributed by atoms with Crippen molar-refractivity contribution < 1.29 is 19.8 Å². The standard InChI is InChI=1S/C23H28N2O4/c1-23(12-5-13-25(16-23)21(28)18-6-3-2-4-7-18)22(29)24-19(15-26)14-17-8-10-20(27)11-9-17/h2-4,6-11,19,26-27H,5,12-16H2,1H3,(H,24,29)/t19-,23+/m0/s1. The minimum Gasteiger partial charge on any atom is -0.508 e. The molecule has 0 unspecified atom stereocenters. The van der Waals surface area contributed by atoms with Gasteiger partial charge in [-0.3, -0.25) is 9.59 Å². The molecule has 0 aromatic heterocycles. The summed E-state index contributed by atoms with van der Waals surface area (Å²) in [6.07, 6.45) is 1.91. The third-order valence-electron chi connectivity index (χ3n) is 5.53. The van der Waals surface area contributed by atoms with Gasteiger partial charge in [0.1, 0.15) is 5.75 Å². The van der Waals surface area contributed by atoms with Crippen molar-refractivity contribution in [2.75, 3.05) is 19.7 Å². The molecular weight excluding hydrogens is 368 g/mol. The van der Waals surface area contributed by atoms with Gasteiger partial charge in [0.05, 0.1) is 18.1 Å². The number of aliphatic hydroxyl groups excluding tert-OH is 1. The maximum absolute atomic E-state index is 13.0. The minimum atomic E-state index is -0.703. The Balaban J connectivity index is 1.65. The van der Waals surface area contributed by atoms with Gasteiger partial charge in [0.25, 0.3) is 5.91 Å². The average Bonchev–Trinajstić information content (AvgIpc) is 2.74. The van der Waals surface area contributed by atoms with Crippen LogP contribution in [0.25, 0.3) is 0 Å². The van der Waals surface area contributed by atoms with E-state index in [0.717, 1.165) is 12.0 Å². The fraction of sp³-hybridized carbons (Fsp3) is 0.391. The number of piperidine rings is 1. The molecule has 0 bridgehead atoms. The van der Waals surface area contributed by atoms with Gasteiger partial charge >= 0.3 is 0 Å². The van der Waals surface area contributed by atoms with Crippen molar-refractivity contribution in [1.29, 1.82) is 0 Å². The van der Waals surface area contributed by atoms with Gasteiger partial charge in [-0.05, 0) is 56.0 Å². The molecule has 6 nitrogen and oxygen atoms in total. The first-order valence-corrected chi connectivity index (χ1v) is 9.95. The number of hydrogen-bond donors (Lipinski definition) is 3. The summed E-state index contributed by atoms with van der Waals surface area (Å²) in [6.45, 7) is 2.68. The number of nitrogens with one attached hydrogen (secondary N) is 1. The van der Waals surface area contributed by atoms with E-state index in [0.29, 0.717) is 31.5 Å². The van der Waals surface area contributed by atoms with Crippen LogP contribution in [-0.2, 0) is 11.2 Å². The van der Waals surface area contributed by atoms with Gasteiger partial charge < -0.3 is 20.4 Å². The van der Waals surface area contributed by atoms with Crippen LogP contribution in [-0.4, -0.2) is 52.7 Å². The number of phenolic OH excluding ortho intramolecular Hbond substituents is 1. The summed E-state index contributed by atoms with van der Waals surface area (Å²) in [4.78, 5) is 27.6. The Morgan fingerprint density at radius 2 is 1.83 bits per heavy atom. The molecule has 2 atom stereocenters. The summed E-state index contributed by atoms with van der Waals surface area (Å²) in [5.41, 5.74) is 0.833. The van der Waals surface area contributed by atoms with Crippen molar-refractivity contribution in [3.8, 4) is 5.75 Å². The van der Waals surface area contributed by atoms with E-state index in [9.17, 15) is 19.8 Å². The Bertz CT molecular complexity index is 838. The van der Waals surface area contributed by atoms with Gasteiger partial charge in [-0.15, -0.1) is 0 Å². The van der Waals surface area contributed by atoms with Crippen LogP contribution >= 0.6 is 0 Å². The zero-order valence-corrected chi connectivity index (χ0v) is 16.7. The monoisotopic (exact) mass is 396 g/mol. The van der Waals surface area contributed by atoms with Crippen LogP contribution in [0.15, 0.2) is 54.6 Å². The molecule has 3 rings (SSSR count). The van der Waals surface area contributed by atoms with Crippen molar-refractivity contribution in [2.24, 2.45) is 5.41 Å². The van der Waals surface area contributed by atoms with E-state index in [1.54, 1.807) is 41.3 Å². The lowest BCUT2D eigenvalue weighted by Crippen LogP contribution is -2.54. The van der Waals surface area contributed by atoms with E-state index in [4.69, 9.17) is 0 Å². The molecule has 1 saturated heterocycles. The number of likely N-dealkylation sites (tertiary alicyclic amines) is 1. The van der Waals surface area contributed by atoms with Crippen LogP contribution in [0, 0.1) is 5.41 Å². The summed E-state index contributed by atoms with van der Waals surface area (Å²) in [5, 5.41) is 22.1. The first kappa shape index (κ1) is 20.9. The van der Waals surface area contributed by atoms with Gasteiger partial charge in [-0.2, -0.15) is 0 Å². The van der Waals surface area contributed by atoms with E-state index in [1.807, 2.05) is 25.1 Å². The third-order valence-corrected chi connectivity index (χ3v) is 5.53. The second-order valence-corrected chi connectivity index (χ2v) is 7.98. The van der Waals surface area contributed by atoms with E-state index >= 15 is 0 Å². The van der Waals surface area contributed by atoms with Gasteiger partial charge in [-0.1, -0.05) is 30.3 Å². The predicted molar refractivity (Wildman–Crippen MR) is 111 cm³/mol. The summed E-state index contributed by atoms with van der Waals surface area (Å²) in [6, 6.07) is 15.4. The molecule has 0 aliphatic carbocycles. The van der Waals surface area contributed by atoms with E-state index < -0.39 is 11.5 Å². The van der Waals surface area contributed by atoms with Crippen LogP contribution in [0.5, 0.6) is 5.75 Å². The fourth-order valence-electron chi connectivity index (χ4n) is 3.80. The third kappa shape index (κ3) is 5.15. The summed E-state index contributed by atoms with van der Waals surface area (Å²) in [7, 11) is 0. The van der Waals surface area contributed by atoms with Gasteiger partial charge in [0.15, 0.2) is 0 Å². The lowest BCUT2D eigenvalue weighted by molar-refractivity contribution is -0.133. The molecule has 0 saturated carbocycles. The Hall–Kier alpha value is -2.86. The molecule has 0 spiro atoms. The molecular formula is C23H28N2O4. The maximum Gasteiger partial charge on any atom is 0.253 e. The van der Waals surface area contributed by atoms with Crippen molar-refractivity contribution in [2.45, 2.75) is 32.2 Å². The molecule has 3 N–H and O–H groups in total. The zero-order chi connectivity index (χ0) is 20.9. The van der Waals surface area contributed by atoms with Crippen LogP contribution < -0.4 is 5.32 Å². The number of carbonyl (C=O) groups excluding carboxylic acids is 2. The van der Waals surface area contributed by atoms with E-state index in [2.05, 4.69) is 5.32 Å². The topological polar surface area (TPSA) is 89.9 Å². The van der Waals surface area contributed by atoms with E-state index in [-0.39, 0.29) is 24.2 Å². The number of benzene rings is 2. The number of phenols is 1. The number of amides is 2. The molecule has 1 heterocycles. The minimum absolute atomic E-state index is 0.0628. The number of aliphatic hydroxyl groups is 1. The van der Waals surface area contributed by atoms with Gasteiger partial charge in [0, 0.05) is 18.7 Å². The van der Waals surface area contributed by atoms with E-state index in [1.165, 1.54) is 0 Å². The lowest BCUT2D eigenvalue weighted by Gasteiger charge is -2.40. The average molecular weight is 396 g/mol. The second-order valence-electron chi connectivity index (χ2n) is 7.98. The van der Waals surface area contributed by atoms with Crippen LogP contribution in [0.3, 0.4) is 0 Å². The van der Waals surface area contributed by atoms with Crippen molar-refractivity contribution in [3.63, 3.8) is 0 Å². The number of carbonyl (C=O) groups is 2. The Labute approximate surface area is 171 Å². The fourth-order valence-corrected chi connectivity index (χ4v) is 3.80. The molecule has 1 fully saturated rings. The highest BCUT2D eigenvalue weighted by Gasteiger charge is 2.40. The summed E-state index contributed by atoms with van der Waals surface area (Å²) < 4.78 is 0. The van der Waals surface area contributed by atoms with Crippen molar-refractivity contribution in [1.82, 2.24) is 10.2 Å². The summed E-state index contributed by atoms with van der Waals surface area (Å²) >= 11 is 0. The van der Waals surface area contributed by atoms with Crippen molar-refractivity contribution >= 4 is 11.8 Å². The highest BCUT2D eigenvalue weighted by molar-refractivity contribution is 5.95. The first-order chi connectivity index (χ1) is 13.9. The molecule has 2 aromatic carbocycles. The molecule has 2 aromatic rings. The van der Waals surface area contributed by atoms with Crippen molar-refractivity contribution in [3.05, 3.63) is 65.7 Å². The zero-order valence-electron chi connectivity index (χ0n) is 16.7. The molecule has 29 heavy (non-hydrogen) atoms. The smallest absolute Gasteiger partial charge is 0.253 e. The van der Waals surface area contributed by atoms with Gasteiger partial charge in [-0.25, -0.2) is 0 Å². The highest BCUT2D eigenvalue weighted by Crippen LogP contribution is 2.31. The first-order valence-electron chi connectivity index (χ1n) is 9.95. The largest absolute Gasteiger partial charge is 0.508 e. The number of rotatable bonds is 6. The molecule has 6 heteroatoms. The SMILES string of the molecule is C[C@@]1(C(=O)N[C@H](CO)Cc2ccc(O)cc2)CCCN(C(=O)c2ccccc2)C1. The molecule has 154 valence electrons. The molecule has 1 aliphatic heterocycles. The number of nitrogens with zero attached hydrogens (tertiary/aromatic N) is 1. The number of hydrogen-bond acceptors (Lipinski definition) is 4. The Morgan fingerprint density at radius 1 is 1.14 bits per heavy atom. The summed E-state index contributed by atoms with van der Waals surface area (Å²) in [5.74, 6) is -0.0377. The normalized spacial score (nSPS) is 20.1. The van der Waals surface area contributed by atoms with Crippen LogP contribution in [0.4, 0.5) is 0 Å². The van der Waals surface area contributed by atoms with Crippen LogP contribution in [0.2, 0.25) is 0 Å². The quantitative estimate of drug-likeness (QED) is 0.699. The Morgan fingerprint density at radius 3 is 2.48 bits per heavy atom. The second kappa shape index (κ2) is 9.09. The Kier molecular flexibility index (Phi) is 6.54. The molecule has 0 radical (unpaired) electrons. The molecule has 2 amide bonds. The van der Waals surface area contributed by atoms with Gasteiger partial charge in [0.2, 0.25) is 5.91 Å². The number of aromatic hydroxyl groups is 1.